The van der Waals surface area contributed by atoms with Crippen LogP contribution in [0.1, 0.15) is 23.7 Å². The van der Waals surface area contributed by atoms with Gasteiger partial charge < -0.3 is 5.11 Å². The van der Waals surface area contributed by atoms with Crippen molar-refractivity contribution in [1.29, 1.82) is 0 Å². The van der Waals surface area contributed by atoms with Gasteiger partial charge in [0, 0.05) is 0 Å². The van der Waals surface area contributed by atoms with Gasteiger partial charge in [0.15, 0.2) is 0 Å². The summed E-state index contributed by atoms with van der Waals surface area (Å²) >= 11 is 0. The molecule has 1 rings (SSSR count). The van der Waals surface area contributed by atoms with Gasteiger partial charge >= 0.3 is 6.18 Å². The van der Waals surface area contributed by atoms with E-state index in [0.717, 1.165) is 12.1 Å². The fraction of sp³-hybridized carbons (Fsp3) is 0.400. The summed E-state index contributed by atoms with van der Waals surface area (Å²) in [6.45, 7) is 1.46. The van der Waals surface area contributed by atoms with E-state index in [4.69, 9.17) is 0 Å². The maximum Gasteiger partial charge on any atom is 0.391 e. The monoisotopic (exact) mass is 222 g/mol. The predicted molar refractivity (Wildman–Crippen MR) is 46.8 cm³/mol. The minimum atomic E-state index is -4.43. The summed E-state index contributed by atoms with van der Waals surface area (Å²) in [5, 5.41) is 9.29. The number of rotatable bonds is 2. The highest BCUT2D eigenvalue weighted by Gasteiger charge is 2.32. The second kappa shape index (κ2) is 4.18. The number of aliphatic hydroxyl groups is 1. The third kappa shape index (κ3) is 3.51. The Labute approximate surface area is 84.3 Å². The molecular formula is C10H10F4O. The summed E-state index contributed by atoms with van der Waals surface area (Å²) < 4.78 is 48.6. The molecule has 0 saturated carbocycles. The highest BCUT2D eigenvalue weighted by Crippen LogP contribution is 2.30. The molecule has 0 bridgehead atoms. The molecule has 0 amide bonds. The molecule has 0 heterocycles. The zero-order chi connectivity index (χ0) is 11.6. The van der Waals surface area contributed by atoms with Gasteiger partial charge in [-0.3, -0.25) is 0 Å². The largest absolute Gasteiger partial charge is 0.391 e. The molecule has 0 fully saturated rings. The molecule has 84 valence electrons. The van der Waals surface area contributed by atoms with Crippen LogP contribution in [0.15, 0.2) is 18.2 Å². The quantitative estimate of drug-likeness (QED) is 0.762. The van der Waals surface area contributed by atoms with Crippen LogP contribution in [-0.2, 0) is 0 Å². The van der Waals surface area contributed by atoms with Gasteiger partial charge in [0.05, 0.1) is 12.5 Å². The Balaban J connectivity index is 2.87. The number of hydrogen-bond donors (Lipinski definition) is 1. The van der Waals surface area contributed by atoms with Gasteiger partial charge in [-0.15, -0.1) is 0 Å². The molecular weight excluding hydrogens is 212 g/mol. The molecule has 0 aromatic heterocycles. The van der Waals surface area contributed by atoms with Gasteiger partial charge in [-0.1, -0.05) is 6.07 Å². The zero-order valence-electron chi connectivity index (χ0n) is 7.98. The Morgan fingerprint density at radius 3 is 2.40 bits per heavy atom. The number of aliphatic hydroxyl groups excluding tert-OH is 1. The fourth-order valence-corrected chi connectivity index (χ4v) is 1.34. The number of alkyl halides is 3. The highest BCUT2D eigenvalue weighted by molar-refractivity contribution is 5.28. The number of hydrogen-bond acceptors (Lipinski definition) is 1. The summed E-state index contributed by atoms with van der Waals surface area (Å²) in [6, 6.07) is 3.29. The van der Waals surface area contributed by atoms with E-state index in [1.165, 1.54) is 13.0 Å². The smallest absolute Gasteiger partial charge is 0.388 e. The lowest BCUT2D eigenvalue weighted by Crippen LogP contribution is -2.14. The van der Waals surface area contributed by atoms with Crippen molar-refractivity contribution < 1.29 is 22.7 Å². The topological polar surface area (TPSA) is 20.2 Å². The molecule has 15 heavy (non-hydrogen) atoms. The second-order valence-corrected chi connectivity index (χ2v) is 3.34. The van der Waals surface area contributed by atoms with E-state index in [9.17, 15) is 22.7 Å². The molecule has 0 aliphatic carbocycles. The number of halogens is 4. The summed E-state index contributed by atoms with van der Waals surface area (Å²) in [5.74, 6) is -0.532. The van der Waals surface area contributed by atoms with Crippen molar-refractivity contribution >= 4 is 0 Å². The first-order chi connectivity index (χ1) is 6.79. The first-order valence-electron chi connectivity index (χ1n) is 4.30. The normalized spacial score (nSPS) is 14.0. The fourth-order valence-electron chi connectivity index (χ4n) is 1.34. The summed E-state index contributed by atoms with van der Waals surface area (Å²) in [6.07, 6.45) is -7.38. The number of benzene rings is 1. The van der Waals surface area contributed by atoms with E-state index in [0.29, 0.717) is 5.56 Å². The summed E-state index contributed by atoms with van der Waals surface area (Å²) in [4.78, 5) is 0. The highest BCUT2D eigenvalue weighted by atomic mass is 19.4. The molecule has 1 aromatic rings. The SMILES string of the molecule is Cc1cc(F)ccc1C(O)CC(F)(F)F. The molecule has 0 saturated heterocycles. The number of aryl methyl sites for hydroxylation is 1. The Morgan fingerprint density at radius 2 is 1.93 bits per heavy atom. The van der Waals surface area contributed by atoms with Crippen LogP contribution >= 0.6 is 0 Å². The first kappa shape index (κ1) is 12.0. The Hall–Kier alpha value is -1.10. The lowest BCUT2D eigenvalue weighted by molar-refractivity contribution is -0.154. The molecule has 1 nitrogen and oxygen atoms in total. The van der Waals surface area contributed by atoms with Crippen LogP contribution in [0.5, 0.6) is 0 Å². The van der Waals surface area contributed by atoms with E-state index < -0.39 is 24.5 Å². The van der Waals surface area contributed by atoms with Gasteiger partial charge in [0.1, 0.15) is 5.82 Å². The van der Waals surface area contributed by atoms with Crippen LogP contribution < -0.4 is 0 Å². The molecule has 1 atom stereocenters. The van der Waals surface area contributed by atoms with Crippen molar-refractivity contribution in [3.8, 4) is 0 Å². The van der Waals surface area contributed by atoms with Crippen LogP contribution in [0.4, 0.5) is 17.6 Å². The van der Waals surface area contributed by atoms with E-state index in [1.807, 2.05) is 0 Å². The third-order valence-electron chi connectivity index (χ3n) is 2.02. The minimum absolute atomic E-state index is 0.105. The standard InChI is InChI=1S/C10H10F4O/c1-6-4-7(11)2-3-8(6)9(15)5-10(12,13)14/h2-4,9,15H,5H2,1H3. The van der Waals surface area contributed by atoms with Gasteiger partial charge in [-0.2, -0.15) is 13.2 Å². The van der Waals surface area contributed by atoms with Crippen LogP contribution in [0.3, 0.4) is 0 Å². The average molecular weight is 222 g/mol. The van der Waals surface area contributed by atoms with Crippen LogP contribution in [0.2, 0.25) is 0 Å². The maximum atomic E-state index is 12.6. The van der Waals surface area contributed by atoms with E-state index >= 15 is 0 Å². The van der Waals surface area contributed by atoms with E-state index in [1.54, 1.807) is 0 Å². The van der Waals surface area contributed by atoms with Crippen LogP contribution in [-0.4, -0.2) is 11.3 Å². The maximum absolute atomic E-state index is 12.6. The van der Waals surface area contributed by atoms with Crippen LogP contribution in [0.25, 0.3) is 0 Å². The molecule has 0 radical (unpaired) electrons. The van der Waals surface area contributed by atoms with Crippen molar-refractivity contribution in [2.75, 3.05) is 0 Å². The Morgan fingerprint density at radius 1 is 1.33 bits per heavy atom. The van der Waals surface area contributed by atoms with Gasteiger partial charge in [-0.05, 0) is 30.2 Å². The van der Waals surface area contributed by atoms with Crippen molar-refractivity contribution in [2.24, 2.45) is 0 Å². The Kier molecular flexibility index (Phi) is 3.34. The second-order valence-electron chi connectivity index (χ2n) is 3.34. The van der Waals surface area contributed by atoms with E-state index in [-0.39, 0.29) is 5.56 Å². The predicted octanol–water partition coefficient (Wildman–Crippen LogP) is 3.12. The Bertz CT molecular complexity index is 346. The van der Waals surface area contributed by atoms with Gasteiger partial charge in [0.25, 0.3) is 0 Å². The molecule has 5 heteroatoms. The van der Waals surface area contributed by atoms with Gasteiger partial charge in [-0.25, -0.2) is 4.39 Å². The van der Waals surface area contributed by atoms with Crippen molar-refractivity contribution in [3.05, 3.63) is 35.1 Å². The molecule has 0 spiro atoms. The summed E-state index contributed by atoms with van der Waals surface area (Å²) in [5.41, 5.74) is 0.417. The molecule has 1 N–H and O–H groups in total. The minimum Gasteiger partial charge on any atom is -0.388 e. The van der Waals surface area contributed by atoms with Crippen molar-refractivity contribution in [3.63, 3.8) is 0 Å². The van der Waals surface area contributed by atoms with Gasteiger partial charge in [0.2, 0.25) is 0 Å². The first-order valence-corrected chi connectivity index (χ1v) is 4.30. The van der Waals surface area contributed by atoms with E-state index in [2.05, 4.69) is 0 Å². The van der Waals surface area contributed by atoms with Crippen molar-refractivity contribution in [1.82, 2.24) is 0 Å². The molecule has 1 unspecified atom stereocenters. The lowest BCUT2D eigenvalue weighted by atomic mass is 10.0. The van der Waals surface area contributed by atoms with Crippen LogP contribution in [0, 0.1) is 12.7 Å². The molecule has 0 aliphatic rings. The molecule has 0 aliphatic heterocycles. The summed E-state index contributed by atoms with van der Waals surface area (Å²) in [7, 11) is 0. The third-order valence-corrected chi connectivity index (χ3v) is 2.02. The lowest BCUT2D eigenvalue weighted by Gasteiger charge is -2.15. The zero-order valence-corrected chi connectivity index (χ0v) is 7.98. The average Bonchev–Trinajstić information content (AvgIpc) is 1.99. The van der Waals surface area contributed by atoms with Crippen molar-refractivity contribution in [2.45, 2.75) is 25.6 Å². The molecule has 1 aromatic carbocycles.